The Balaban J connectivity index is 1.32. The molecule has 1 saturated heterocycles. The van der Waals surface area contributed by atoms with E-state index in [1.165, 1.54) is 31.5 Å². The number of likely N-dealkylation sites (tertiary alicyclic amines) is 1. The molecule has 1 aromatic rings. The topological polar surface area (TPSA) is 66.1 Å². The molecule has 34 heavy (non-hydrogen) atoms. The number of hydrogen-bond donors (Lipinski definition) is 2. The Bertz CT molecular complexity index is 923. The van der Waals surface area contributed by atoms with Gasteiger partial charge in [-0.15, -0.1) is 0 Å². The van der Waals surface area contributed by atoms with Crippen LogP contribution < -0.4 is 0 Å². The van der Waals surface area contributed by atoms with Crippen molar-refractivity contribution in [2.45, 2.75) is 95.4 Å². The molecule has 7 atom stereocenters. The number of hydrogen-bond acceptors (Lipinski definition) is 5. The van der Waals surface area contributed by atoms with Crippen LogP contribution in [0.3, 0.4) is 0 Å². The lowest BCUT2D eigenvalue weighted by molar-refractivity contribution is -0.236. The minimum Gasteiger partial charge on any atom is -0.472 e. The molecule has 5 nitrogen and oxygen atoms in total. The van der Waals surface area contributed by atoms with Gasteiger partial charge < -0.3 is 24.3 Å². The first-order chi connectivity index (χ1) is 16.3. The van der Waals surface area contributed by atoms with Crippen LogP contribution in [-0.2, 0) is 10.3 Å². The lowest BCUT2D eigenvalue weighted by Crippen LogP contribution is -2.64. The van der Waals surface area contributed by atoms with E-state index in [0.29, 0.717) is 12.5 Å². The summed E-state index contributed by atoms with van der Waals surface area (Å²) in [7, 11) is 0. The van der Waals surface area contributed by atoms with Crippen LogP contribution in [0.1, 0.15) is 83.6 Å². The summed E-state index contributed by atoms with van der Waals surface area (Å²) in [5, 5.41) is 23.0. The van der Waals surface area contributed by atoms with Crippen LogP contribution in [0, 0.1) is 22.7 Å². The minimum atomic E-state index is -0.745. The Morgan fingerprint density at radius 1 is 1.06 bits per heavy atom. The van der Waals surface area contributed by atoms with Gasteiger partial charge in [-0.3, -0.25) is 0 Å². The fourth-order valence-electron chi connectivity index (χ4n) is 9.31. The molecule has 2 N–H and O–H groups in total. The van der Waals surface area contributed by atoms with Crippen LogP contribution in [0.25, 0.3) is 0 Å². The van der Waals surface area contributed by atoms with Crippen molar-refractivity contribution >= 4 is 0 Å². The molecule has 0 aromatic carbocycles. The van der Waals surface area contributed by atoms with Crippen molar-refractivity contribution in [2.75, 3.05) is 26.2 Å². The van der Waals surface area contributed by atoms with Crippen LogP contribution in [0.4, 0.5) is 0 Å². The molecule has 0 unspecified atom stereocenters. The van der Waals surface area contributed by atoms with E-state index in [0.717, 1.165) is 63.5 Å². The lowest BCUT2D eigenvalue weighted by Gasteiger charge is -2.63. The first kappa shape index (κ1) is 23.3. The van der Waals surface area contributed by atoms with Crippen molar-refractivity contribution in [1.82, 2.24) is 4.90 Å². The third-order valence-corrected chi connectivity index (χ3v) is 11.3. The van der Waals surface area contributed by atoms with Gasteiger partial charge in [0, 0.05) is 17.5 Å². The highest BCUT2D eigenvalue weighted by molar-refractivity contribution is 5.33. The maximum absolute atomic E-state index is 12.7. The van der Waals surface area contributed by atoms with Crippen molar-refractivity contribution < 1.29 is 19.4 Å². The lowest BCUT2D eigenvalue weighted by atomic mass is 9.44. The van der Waals surface area contributed by atoms with E-state index in [1.54, 1.807) is 6.26 Å². The molecule has 4 aliphatic carbocycles. The second-order valence-electron chi connectivity index (χ2n) is 12.5. The average molecular weight is 470 g/mol. The summed E-state index contributed by atoms with van der Waals surface area (Å²) in [6, 6.07) is 2.07. The van der Waals surface area contributed by atoms with Gasteiger partial charge in [-0.05, 0) is 101 Å². The van der Waals surface area contributed by atoms with Crippen molar-refractivity contribution in [3.8, 4) is 0 Å². The molecular weight excluding hydrogens is 426 g/mol. The highest BCUT2D eigenvalue weighted by Crippen LogP contribution is 2.72. The fourth-order valence-corrected chi connectivity index (χ4v) is 9.31. The molecule has 2 heterocycles. The largest absolute Gasteiger partial charge is 0.472 e. The number of furan rings is 1. The van der Waals surface area contributed by atoms with E-state index < -0.39 is 11.2 Å². The standard InChI is InChI=1S/C29H43NO4/c1-26-10-7-23(31)19-21(26)5-6-25-24(26)8-11-27(2)28(25,32)12-13-29(27,22-9-17-33-20-22)34-18-16-30-14-3-4-15-30/h9,17,19-20,23-25,31-32H,3-8,10-16,18H2,1-2H3/t23-,24-,25+,26-,27-,28-,29-/m0/s1. The fraction of sp³-hybridized carbons (Fsp3) is 0.793. The zero-order chi connectivity index (χ0) is 23.6. The van der Waals surface area contributed by atoms with Crippen molar-refractivity contribution in [2.24, 2.45) is 22.7 Å². The summed E-state index contributed by atoms with van der Waals surface area (Å²) in [4.78, 5) is 2.51. The molecule has 0 bridgehead atoms. The zero-order valence-corrected chi connectivity index (χ0v) is 21.1. The monoisotopic (exact) mass is 469 g/mol. The maximum atomic E-state index is 12.7. The molecule has 4 fully saturated rings. The number of aliphatic hydroxyl groups excluding tert-OH is 1. The second kappa shape index (κ2) is 8.19. The van der Waals surface area contributed by atoms with Crippen LogP contribution in [0.5, 0.6) is 0 Å². The Labute approximate surface area is 204 Å². The van der Waals surface area contributed by atoms with E-state index in [4.69, 9.17) is 9.15 Å². The second-order valence-corrected chi connectivity index (χ2v) is 12.5. The number of fused-ring (bicyclic) bond motifs is 5. The summed E-state index contributed by atoms with van der Waals surface area (Å²) >= 11 is 0. The molecule has 5 heteroatoms. The van der Waals surface area contributed by atoms with Gasteiger partial charge in [-0.1, -0.05) is 25.5 Å². The van der Waals surface area contributed by atoms with E-state index in [1.807, 2.05) is 6.26 Å². The zero-order valence-electron chi connectivity index (χ0n) is 21.1. The van der Waals surface area contributed by atoms with Gasteiger partial charge in [0.05, 0.1) is 30.8 Å². The highest BCUT2D eigenvalue weighted by Gasteiger charge is 2.72. The number of allylic oxidation sites excluding steroid dienone is 1. The summed E-state index contributed by atoms with van der Waals surface area (Å²) in [6.45, 7) is 8.75. The molecule has 0 amide bonds. The normalized spacial score (nSPS) is 46.6. The summed E-state index contributed by atoms with van der Waals surface area (Å²) in [5.41, 5.74) is 1.07. The SMILES string of the molecule is C[C@]12CC[C@H]3[C@@H](CCC4=C[C@@H](O)CC[C@@]43C)[C@@]1(O)CC[C@]2(OCCN1CCCC1)c1ccoc1. The number of ether oxygens (including phenoxy) is 1. The van der Waals surface area contributed by atoms with Gasteiger partial charge in [0.2, 0.25) is 0 Å². The van der Waals surface area contributed by atoms with Gasteiger partial charge in [-0.2, -0.15) is 0 Å². The van der Waals surface area contributed by atoms with Crippen LogP contribution in [0.2, 0.25) is 0 Å². The highest BCUT2D eigenvalue weighted by atomic mass is 16.5. The molecule has 6 rings (SSSR count). The first-order valence-electron chi connectivity index (χ1n) is 13.8. The Kier molecular flexibility index (Phi) is 5.61. The summed E-state index contributed by atoms with van der Waals surface area (Å²) < 4.78 is 12.5. The van der Waals surface area contributed by atoms with E-state index in [2.05, 4.69) is 30.9 Å². The number of rotatable bonds is 5. The Hall–Kier alpha value is -1.14. The van der Waals surface area contributed by atoms with E-state index in [9.17, 15) is 10.2 Å². The van der Waals surface area contributed by atoms with Crippen LogP contribution in [0.15, 0.2) is 34.7 Å². The van der Waals surface area contributed by atoms with Crippen molar-refractivity contribution in [1.29, 1.82) is 0 Å². The molecule has 188 valence electrons. The van der Waals surface area contributed by atoms with Gasteiger partial charge in [-0.25, -0.2) is 0 Å². The van der Waals surface area contributed by atoms with Gasteiger partial charge >= 0.3 is 0 Å². The summed E-state index contributed by atoms with van der Waals surface area (Å²) in [6.07, 6.45) is 15.7. The molecule has 3 saturated carbocycles. The molecule has 0 spiro atoms. The molecule has 1 aliphatic heterocycles. The smallest absolute Gasteiger partial charge is 0.104 e. The predicted molar refractivity (Wildman–Crippen MR) is 131 cm³/mol. The Morgan fingerprint density at radius 2 is 1.88 bits per heavy atom. The molecular formula is C29H43NO4. The van der Waals surface area contributed by atoms with Crippen molar-refractivity contribution in [3.63, 3.8) is 0 Å². The molecule has 0 radical (unpaired) electrons. The van der Waals surface area contributed by atoms with E-state index in [-0.39, 0.29) is 22.9 Å². The average Bonchev–Trinajstić information content (AvgIpc) is 3.57. The maximum Gasteiger partial charge on any atom is 0.104 e. The van der Waals surface area contributed by atoms with Crippen molar-refractivity contribution in [3.05, 3.63) is 35.8 Å². The number of nitrogens with zero attached hydrogens (tertiary/aromatic N) is 1. The van der Waals surface area contributed by atoms with Crippen LogP contribution >= 0.6 is 0 Å². The Morgan fingerprint density at radius 3 is 2.65 bits per heavy atom. The number of aliphatic hydroxyl groups is 2. The predicted octanol–water partition coefficient (Wildman–Crippen LogP) is 5.03. The van der Waals surface area contributed by atoms with Crippen LogP contribution in [-0.4, -0.2) is 53.1 Å². The van der Waals surface area contributed by atoms with E-state index >= 15 is 0 Å². The first-order valence-corrected chi connectivity index (χ1v) is 13.8. The van der Waals surface area contributed by atoms with Gasteiger partial charge in [0.25, 0.3) is 0 Å². The third-order valence-electron chi connectivity index (χ3n) is 11.3. The molecule has 1 aromatic heterocycles. The third kappa shape index (κ3) is 3.12. The minimum absolute atomic E-state index is 0.108. The summed E-state index contributed by atoms with van der Waals surface area (Å²) in [5.74, 6) is 0.752. The van der Waals surface area contributed by atoms with Gasteiger partial charge in [0.15, 0.2) is 0 Å². The van der Waals surface area contributed by atoms with Gasteiger partial charge in [0.1, 0.15) is 5.60 Å². The quantitative estimate of drug-likeness (QED) is 0.593. The molecule has 5 aliphatic rings.